The Morgan fingerprint density at radius 3 is 2.50 bits per heavy atom. The fourth-order valence-corrected chi connectivity index (χ4v) is 1.16. The van der Waals surface area contributed by atoms with Gasteiger partial charge in [-0.2, -0.15) is 13.2 Å². The second-order valence-electron chi connectivity index (χ2n) is 2.77. The SMILES string of the molecule is C=C=CCc1ccccc1C(F)(F)F. The van der Waals surface area contributed by atoms with Crippen LogP contribution in [0.15, 0.2) is 42.7 Å². The lowest BCUT2D eigenvalue weighted by atomic mass is 10.0. The summed E-state index contributed by atoms with van der Waals surface area (Å²) in [7, 11) is 0. The van der Waals surface area contributed by atoms with Gasteiger partial charge in [0.25, 0.3) is 0 Å². The molecule has 0 amide bonds. The third-order valence-electron chi connectivity index (χ3n) is 1.79. The van der Waals surface area contributed by atoms with Crippen LogP contribution in [0.25, 0.3) is 0 Å². The molecule has 14 heavy (non-hydrogen) atoms. The van der Waals surface area contributed by atoms with Crippen molar-refractivity contribution in [1.82, 2.24) is 0 Å². The minimum Gasteiger partial charge on any atom is -0.166 e. The molecule has 0 nitrogen and oxygen atoms in total. The van der Waals surface area contributed by atoms with Gasteiger partial charge in [0.05, 0.1) is 5.56 Å². The first kappa shape index (κ1) is 10.6. The summed E-state index contributed by atoms with van der Waals surface area (Å²) in [4.78, 5) is 0. The first-order chi connectivity index (χ1) is 6.55. The van der Waals surface area contributed by atoms with Gasteiger partial charge in [-0.25, -0.2) is 0 Å². The predicted octanol–water partition coefficient (Wildman–Crippen LogP) is 3.59. The molecule has 1 aromatic carbocycles. The molecule has 0 aliphatic rings. The van der Waals surface area contributed by atoms with Crippen molar-refractivity contribution in [3.63, 3.8) is 0 Å². The summed E-state index contributed by atoms with van der Waals surface area (Å²) in [5, 5.41) is 0. The Kier molecular flexibility index (Phi) is 3.15. The second kappa shape index (κ2) is 4.16. The van der Waals surface area contributed by atoms with Gasteiger partial charge < -0.3 is 0 Å². The Morgan fingerprint density at radius 2 is 1.93 bits per heavy atom. The van der Waals surface area contributed by atoms with E-state index in [1.807, 2.05) is 0 Å². The van der Waals surface area contributed by atoms with E-state index in [0.717, 1.165) is 6.07 Å². The van der Waals surface area contributed by atoms with Crippen LogP contribution in [-0.4, -0.2) is 0 Å². The first-order valence-corrected chi connectivity index (χ1v) is 4.05. The highest BCUT2D eigenvalue weighted by atomic mass is 19.4. The van der Waals surface area contributed by atoms with E-state index in [-0.39, 0.29) is 12.0 Å². The smallest absolute Gasteiger partial charge is 0.166 e. The van der Waals surface area contributed by atoms with Gasteiger partial charge in [0.1, 0.15) is 0 Å². The van der Waals surface area contributed by atoms with Crippen LogP contribution in [0.4, 0.5) is 13.2 Å². The number of hydrogen-bond acceptors (Lipinski definition) is 0. The van der Waals surface area contributed by atoms with Crippen LogP contribution in [0.1, 0.15) is 11.1 Å². The lowest BCUT2D eigenvalue weighted by Gasteiger charge is -2.10. The molecule has 0 bridgehead atoms. The highest BCUT2D eigenvalue weighted by Crippen LogP contribution is 2.31. The average Bonchev–Trinajstić information content (AvgIpc) is 2.14. The van der Waals surface area contributed by atoms with Crippen molar-refractivity contribution in [1.29, 1.82) is 0 Å². The van der Waals surface area contributed by atoms with Gasteiger partial charge in [-0.05, 0) is 24.1 Å². The standard InChI is InChI=1S/C11H9F3/c1-2-3-6-9-7-4-5-8-10(9)11(12,13)14/h3-5,7-8H,1,6H2. The first-order valence-electron chi connectivity index (χ1n) is 4.05. The van der Waals surface area contributed by atoms with Crippen molar-refractivity contribution in [2.75, 3.05) is 0 Å². The number of hydrogen-bond donors (Lipinski definition) is 0. The van der Waals surface area contributed by atoms with E-state index in [0.29, 0.717) is 0 Å². The second-order valence-corrected chi connectivity index (χ2v) is 2.77. The Labute approximate surface area is 80.4 Å². The number of rotatable bonds is 2. The fourth-order valence-electron chi connectivity index (χ4n) is 1.16. The molecular formula is C11H9F3. The number of allylic oxidation sites excluding steroid dienone is 1. The molecule has 0 spiro atoms. The van der Waals surface area contributed by atoms with Crippen molar-refractivity contribution >= 4 is 0 Å². The zero-order chi connectivity index (χ0) is 10.6. The Balaban J connectivity index is 3.09. The van der Waals surface area contributed by atoms with Crippen molar-refractivity contribution in [2.24, 2.45) is 0 Å². The lowest BCUT2D eigenvalue weighted by Crippen LogP contribution is -2.08. The third kappa shape index (κ3) is 2.51. The van der Waals surface area contributed by atoms with Gasteiger partial charge in [-0.3, -0.25) is 0 Å². The maximum Gasteiger partial charge on any atom is 0.416 e. The summed E-state index contributed by atoms with van der Waals surface area (Å²) in [6, 6.07) is 5.49. The third-order valence-corrected chi connectivity index (χ3v) is 1.79. The van der Waals surface area contributed by atoms with Crippen LogP contribution < -0.4 is 0 Å². The lowest BCUT2D eigenvalue weighted by molar-refractivity contribution is -0.138. The molecular weight excluding hydrogens is 189 g/mol. The molecule has 0 radical (unpaired) electrons. The molecule has 0 aliphatic heterocycles. The molecule has 3 heteroatoms. The monoisotopic (exact) mass is 198 g/mol. The van der Waals surface area contributed by atoms with Crippen molar-refractivity contribution in [2.45, 2.75) is 12.6 Å². The fraction of sp³-hybridized carbons (Fsp3) is 0.182. The molecule has 0 N–H and O–H groups in total. The predicted molar refractivity (Wildman–Crippen MR) is 48.9 cm³/mol. The molecule has 0 atom stereocenters. The summed E-state index contributed by atoms with van der Waals surface area (Å²) in [5.74, 6) is 0. The van der Waals surface area contributed by atoms with Crippen LogP contribution in [0.2, 0.25) is 0 Å². The van der Waals surface area contributed by atoms with Gasteiger partial charge >= 0.3 is 6.18 Å². The van der Waals surface area contributed by atoms with Crippen LogP contribution >= 0.6 is 0 Å². The van der Waals surface area contributed by atoms with Gasteiger partial charge in [-0.1, -0.05) is 24.8 Å². The zero-order valence-electron chi connectivity index (χ0n) is 7.43. The normalized spacial score (nSPS) is 10.8. The maximum absolute atomic E-state index is 12.4. The molecule has 0 heterocycles. The maximum atomic E-state index is 12.4. The zero-order valence-corrected chi connectivity index (χ0v) is 7.43. The minimum atomic E-state index is -4.29. The van der Waals surface area contributed by atoms with Crippen molar-refractivity contribution in [3.05, 3.63) is 53.8 Å². The van der Waals surface area contributed by atoms with Crippen LogP contribution in [0.3, 0.4) is 0 Å². The van der Waals surface area contributed by atoms with Crippen LogP contribution in [-0.2, 0) is 12.6 Å². The highest BCUT2D eigenvalue weighted by Gasteiger charge is 2.32. The highest BCUT2D eigenvalue weighted by molar-refractivity contribution is 5.31. The van der Waals surface area contributed by atoms with E-state index in [1.54, 1.807) is 6.07 Å². The topological polar surface area (TPSA) is 0 Å². The van der Waals surface area contributed by atoms with Gasteiger partial charge in [-0.15, -0.1) is 5.73 Å². The molecule has 0 unspecified atom stereocenters. The molecule has 0 saturated heterocycles. The molecule has 1 aromatic rings. The molecule has 74 valence electrons. The molecule has 0 fully saturated rings. The summed E-state index contributed by atoms with van der Waals surface area (Å²) < 4.78 is 37.3. The van der Waals surface area contributed by atoms with Crippen LogP contribution in [0, 0.1) is 0 Å². The largest absolute Gasteiger partial charge is 0.416 e. The summed E-state index contributed by atoms with van der Waals surface area (Å²) in [5.41, 5.74) is 2.11. The van der Waals surface area contributed by atoms with Crippen LogP contribution in [0.5, 0.6) is 0 Å². The van der Waals surface area contributed by atoms with Crippen molar-refractivity contribution < 1.29 is 13.2 Å². The van der Waals surface area contributed by atoms with E-state index in [2.05, 4.69) is 12.3 Å². The molecule has 0 aliphatic carbocycles. The average molecular weight is 198 g/mol. The summed E-state index contributed by atoms with van der Waals surface area (Å²) >= 11 is 0. The summed E-state index contributed by atoms with van der Waals surface area (Å²) in [6.07, 6.45) is -2.60. The van der Waals surface area contributed by atoms with E-state index < -0.39 is 11.7 Å². The number of alkyl halides is 3. The van der Waals surface area contributed by atoms with E-state index in [9.17, 15) is 13.2 Å². The Morgan fingerprint density at radius 1 is 1.29 bits per heavy atom. The molecule has 0 saturated carbocycles. The Hall–Kier alpha value is -1.47. The Bertz CT molecular complexity index is 357. The molecule has 0 aromatic heterocycles. The summed E-state index contributed by atoms with van der Waals surface area (Å²) in [6.45, 7) is 3.31. The number of benzene rings is 1. The van der Waals surface area contributed by atoms with Crippen molar-refractivity contribution in [3.8, 4) is 0 Å². The van der Waals surface area contributed by atoms with Gasteiger partial charge in [0.2, 0.25) is 0 Å². The van der Waals surface area contributed by atoms with Gasteiger partial charge in [0.15, 0.2) is 0 Å². The van der Waals surface area contributed by atoms with E-state index in [1.165, 1.54) is 18.2 Å². The van der Waals surface area contributed by atoms with E-state index in [4.69, 9.17) is 0 Å². The minimum absolute atomic E-state index is 0.208. The quantitative estimate of drug-likeness (QED) is 0.637. The molecule has 1 rings (SSSR count). The van der Waals surface area contributed by atoms with Gasteiger partial charge in [0, 0.05) is 0 Å². The van der Waals surface area contributed by atoms with E-state index >= 15 is 0 Å². The number of halogens is 3.